The number of morpholine rings is 1. The molecular weight excluding hydrogens is 316 g/mol. The van der Waals surface area contributed by atoms with Crippen LogP contribution in [0.3, 0.4) is 0 Å². The van der Waals surface area contributed by atoms with Crippen LogP contribution in [0.5, 0.6) is 0 Å². The summed E-state index contributed by atoms with van der Waals surface area (Å²) in [7, 11) is 0. The summed E-state index contributed by atoms with van der Waals surface area (Å²) in [5.74, 6) is 0. The lowest BCUT2D eigenvalue weighted by Crippen LogP contribution is -2.35. The van der Waals surface area contributed by atoms with Crippen molar-refractivity contribution in [1.29, 1.82) is 0 Å². The first-order chi connectivity index (χ1) is 11.9. The molecule has 1 saturated heterocycles. The normalized spacial score (nSPS) is 15.7. The van der Waals surface area contributed by atoms with Gasteiger partial charge in [0.1, 0.15) is 0 Å². The number of hydrogen-bond acceptors (Lipinski definition) is 4. The van der Waals surface area contributed by atoms with Crippen LogP contribution in [0.15, 0.2) is 35.7 Å². The van der Waals surface area contributed by atoms with Gasteiger partial charge in [-0.25, -0.2) is 4.98 Å². The maximum absolute atomic E-state index is 5.40. The zero-order valence-electron chi connectivity index (χ0n) is 14.5. The second-order valence-corrected chi connectivity index (χ2v) is 7.46. The van der Waals surface area contributed by atoms with Crippen molar-refractivity contribution < 1.29 is 4.74 Å². The average molecular weight is 345 g/mol. The number of nitrogens with zero attached hydrogens (tertiary/aromatic N) is 2. The highest BCUT2D eigenvalue weighted by molar-refractivity contribution is 7.09. The molecule has 130 valence electrons. The van der Waals surface area contributed by atoms with E-state index in [0.717, 1.165) is 39.3 Å². The van der Waals surface area contributed by atoms with Gasteiger partial charge in [0, 0.05) is 25.0 Å². The van der Waals surface area contributed by atoms with Crippen LogP contribution >= 0.6 is 11.3 Å². The molecule has 1 fully saturated rings. The molecule has 4 heteroatoms. The third-order valence-electron chi connectivity index (χ3n) is 4.54. The van der Waals surface area contributed by atoms with E-state index in [2.05, 4.69) is 40.6 Å². The Morgan fingerprint density at radius 1 is 0.958 bits per heavy atom. The Bertz CT molecular complexity index is 578. The van der Waals surface area contributed by atoms with Gasteiger partial charge in [0.2, 0.25) is 0 Å². The summed E-state index contributed by atoms with van der Waals surface area (Å²) in [5, 5.41) is 3.54. The van der Waals surface area contributed by atoms with E-state index < -0.39 is 0 Å². The highest BCUT2D eigenvalue weighted by Gasteiger charge is 2.12. The van der Waals surface area contributed by atoms with E-state index in [1.54, 1.807) is 0 Å². The van der Waals surface area contributed by atoms with Gasteiger partial charge < -0.3 is 4.74 Å². The van der Waals surface area contributed by atoms with Crippen molar-refractivity contribution in [2.75, 3.05) is 26.3 Å². The van der Waals surface area contributed by atoms with Crippen molar-refractivity contribution in [3.05, 3.63) is 52.0 Å². The van der Waals surface area contributed by atoms with Gasteiger partial charge in [-0.1, -0.05) is 43.2 Å². The van der Waals surface area contributed by atoms with E-state index in [0.29, 0.717) is 0 Å². The van der Waals surface area contributed by atoms with Gasteiger partial charge in [-0.15, -0.1) is 11.3 Å². The Kier molecular flexibility index (Phi) is 7.27. The first kappa shape index (κ1) is 17.6. The molecular formula is C20H28N2OS. The molecule has 0 bridgehead atoms. The minimum Gasteiger partial charge on any atom is -0.379 e. The van der Waals surface area contributed by atoms with Crippen molar-refractivity contribution in [3.8, 4) is 0 Å². The van der Waals surface area contributed by atoms with Crippen molar-refractivity contribution >= 4 is 11.3 Å². The fourth-order valence-electron chi connectivity index (χ4n) is 3.13. The lowest BCUT2D eigenvalue weighted by atomic mass is 10.1. The fraction of sp³-hybridized carbons (Fsp3) is 0.550. The van der Waals surface area contributed by atoms with E-state index in [4.69, 9.17) is 9.72 Å². The SMILES string of the molecule is c1ccc(CCCCCCc2nc(CN3CCOCC3)cs2)cc1. The van der Waals surface area contributed by atoms with Gasteiger partial charge in [0.25, 0.3) is 0 Å². The molecule has 0 unspecified atom stereocenters. The summed E-state index contributed by atoms with van der Waals surface area (Å²) >= 11 is 1.83. The molecule has 0 saturated carbocycles. The number of unbranched alkanes of at least 4 members (excludes halogenated alkanes) is 3. The molecule has 1 aromatic heterocycles. The predicted molar refractivity (Wildman–Crippen MR) is 101 cm³/mol. The lowest BCUT2D eigenvalue weighted by Gasteiger charge is -2.25. The topological polar surface area (TPSA) is 25.4 Å². The van der Waals surface area contributed by atoms with Crippen LogP contribution in [-0.2, 0) is 24.1 Å². The highest BCUT2D eigenvalue weighted by Crippen LogP contribution is 2.16. The summed E-state index contributed by atoms with van der Waals surface area (Å²) in [4.78, 5) is 7.24. The van der Waals surface area contributed by atoms with Crippen molar-refractivity contribution in [1.82, 2.24) is 9.88 Å². The molecule has 0 N–H and O–H groups in total. The van der Waals surface area contributed by atoms with Gasteiger partial charge in [-0.2, -0.15) is 0 Å². The molecule has 1 aromatic carbocycles. The molecule has 24 heavy (non-hydrogen) atoms. The quantitative estimate of drug-likeness (QED) is 0.634. The Labute approximate surface area is 149 Å². The van der Waals surface area contributed by atoms with Crippen LogP contribution in [0.1, 0.15) is 41.9 Å². The Balaban J connectivity index is 1.28. The van der Waals surface area contributed by atoms with Gasteiger partial charge in [-0.3, -0.25) is 4.90 Å². The van der Waals surface area contributed by atoms with Crippen LogP contribution in [0.2, 0.25) is 0 Å². The van der Waals surface area contributed by atoms with Crippen molar-refractivity contribution in [2.45, 2.75) is 45.1 Å². The largest absolute Gasteiger partial charge is 0.379 e. The Morgan fingerprint density at radius 2 is 1.71 bits per heavy atom. The molecule has 3 rings (SSSR count). The van der Waals surface area contributed by atoms with Crippen LogP contribution in [0.25, 0.3) is 0 Å². The maximum Gasteiger partial charge on any atom is 0.0928 e. The third kappa shape index (κ3) is 6.00. The molecule has 2 aromatic rings. The summed E-state index contributed by atoms with van der Waals surface area (Å²) in [6.07, 6.45) is 7.54. The molecule has 0 amide bonds. The minimum absolute atomic E-state index is 0.861. The third-order valence-corrected chi connectivity index (χ3v) is 5.49. The fourth-order valence-corrected chi connectivity index (χ4v) is 3.96. The maximum atomic E-state index is 5.40. The highest BCUT2D eigenvalue weighted by atomic mass is 32.1. The van der Waals surface area contributed by atoms with Crippen molar-refractivity contribution in [2.24, 2.45) is 0 Å². The van der Waals surface area contributed by atoms with Gasteiger partial charge in [0.15, 0.2) is 0 Å². The molecule has 1 aliphatic rings. The summed E-state index contributed by atoms with van der Waals surface area (Å²) in [6, 6.07) is 10.8. The summed E-state index contributed by atoms with van der Waals surface area (Å²) in [5.41, 5.74) is 2.70. The number of hydrogen-bond donors (Lipinski definition) is 0. The number of thiazole rings is 1. The van der Waals surface area contributed by atoms with Crippen LogP contribution in [0.4, 0.5) is 0 Å². The number of aryl methyl sites for hydroxylation is 2. The molecule has 1 aliphatic heterocycles. The zero-order chi connectivity index (χ0) is 16.5. The monoisotopic (exact) mass is 344 g/mol. The lowest BCUT2D eigenvalue weighted by molar-refractivity contribution is 0.0337. The second-order valence-electron chi connectivity index (χ2n) is 6.52. The van der Waals surface area contributed by atoms with Gasteiger partial charge in [-0.05, 0) is 31.2 Å². The van der Waals surface area contributed by atoms with E-state index >= 15 is 0 Å². The van der Waals surface area contributed by atoms with Crippen LogP contribution in [-0.4, -0.2) is 36.2 Å². The first-order valence-corrected chi connectivity index (χ1v) is 10.1. The zero-order valence-corrected chi connectivity index (χ0v) is 15.3. The molecule has 0 atom stereocenters. The second kappa shape index (κ2) is 9.92. The standard InChI is InChI=1S/C20H28N2OS/c1(4-8-18-9-5-3-6-10-18)2-7-11-20-21-19(17-24-20)16-22-12-14-23-15-13-22/h3,5-6,9-10,17H,1-2,4,7-8,11-16H2. The summed E-state index contributed by atoms with van der Waals surface area (Å²) < 4.78 is 5.40. The van der Waals surface area contributed by atoms with Crippen LogP contribution < -0.4 is 0 Å². The van der Waals surface area contributed by atoms with Crippen molar-refractivity contribution in [3.63, 3.8) is 0 Å². The number of aromatic nitrogens is 1. The summed E-state index contributed by atoms with van der Waals surface area (Å²) in [6.45, 7) is 4.78. The predicted octanol–water partition coefficient (Wildman–Crippen LogP) is 4.32. The first-order valence-electron chi connectivity index (χ1n) is 9.17. The van der Waals surface area contributed by atoms with Crippen LogP contribution in [0, 0.1) is 0 Å². The molecule has 0 aliphatic carbocycles. The van der Waals surface area contributed by atoms with E-state index in [1.807, 2.05) is 11.3 Å². The Hall–Kier alpha value is -1.23. The van der Waals surface area contributed by atoms with Gasteiger partial charge in [0.05, 0.1) is 23.9 Å². The molecule has 0 spiro atoms. The molecule has 0 radical (unpaired) electrons. The molecule has 2 heterocycles. The minimum atomic E-state index is 0.861. The number of benzene rings is 1. The van der Waals surface area contributed by atoms with E-state index in [9.17, 15) is 0 Å². The molecule has 3 nitrogen and oxygen atoms in total. The number of rotatable bonds is 9. The van der Waals surface area contributed by atoms with Gasteiger partial charge >= 0.3 is 0 Å². The van der Waals surface area contributed by atoms with E-state index in [1.165, 1.54) is 48.4 Å². The Morgan fingerprint density at radius 3 is 2.50 bits per heavy atom. The number of ether oxygens (including phenoxy) is 1. The average Bonchev–Trinajstić information content (AvgIpc) is 3.07. The smallest absolute Gasteiger partial charge is 0.0928 e. The van der Waals surface area contributed by atoms with E-state index in [-0.39, 0.29) is 0 Å².